The third-order valence-electron chi connectivity index (χ3n) is 1.87. The van der Waals surface area contributed by atoms with E-state index in [1.165, 1.54) is 0 Å². The van der Waals surface area contributed by atoms with Gasteiger partial charge in [-0.2, -0.15) is 0 Å². The van der Waals surface area contributed by atoms with Crippen LogP contribution in [-0.2, 0) is 0 Å². The van der Waals surface area contributed by atoms with Gasteiger partial charge in [0, 0.05) is 0 Å². The fraction of sp³-hybridized carbons (Fsp3) is 0. The lowest BCUT2D eigenvalue weighted by atomic mass is 10.1. The fourth-order valence-electron chi connectivity index (χ4n) is 1.20. The number of nitrogens with zero attached hydrogens (tertiary/aromatic N) is 1. The predicted molar refractivity (Wildman–Crippen MR) is 68.8 cm³/mol. The fourth-order valence-corrected chi connectivity index (χ4v) is 2.41. The summed E-state index contributed by atoms with van der Waals surface area (Å²) >= 11 is -0.505. The van der Waals surface area contributed by atoms with Gasteiger partial charge in [-0.05, 0) is 54.5 Å². The predicted octanol–water partition coefficient (Wildman–Crippen LogP) is 3.09. The highest BCUT2D eigenvalue weighted by atomic mass is 127. The summed E-state index contributed by atoms with van der Waals surface area (Å²) in [7, 11) is 0. The number of hydrogen-bond donors (Lipinski definition) is 0. The van der Waals surface area contributed by atoms with Crippen LogP contribution in [0.5, 0.6) is 0 Å². The first kappa shape index (κ1) is 9.61. The molecule has 0 radical (unpaired) electrons. The van der Waals surface area contributed by atoms with E-state index in [4.69, 9.17) is 0 Å². The first-order valence-electron chi connectivity index (χ1n) is 4.23. The Morgan fingerprint density at radius 1 is 1.14 bits per heavy atom. The van der Waals surface area contributed by atoms with Gasteiger partial charge in [-0.25, -0.2) is 0 Å². The first-order chi connectivity index (χ1) is 6.86. The van der Waals surface area contributed by atoms with Crippen LogP contribution in [0.1, 0.15) is 5.56 Å². The van der Waals surface area contributed by atoms with Gasteiger partial charge >= 0.3 is 0 Å². The van der Waals surface area contributed by atoms with E-state index in [-0.39, 0.29) is 0 Å². The van der Waals surface area contributed by atoms with Gasteiger partial charge in [-0.15, -0.1) is 0 Å². The third kappa shape index (κ3) is 2.30. The normalized spacial score (nSPS) is 15.8. The van der Waals surface area contributed by atoms with Crippen LogP contribution in [0.25, 0.3) is 5.57 Å². The topological polar surface area (TPSA) is 26.3 Å². The monoisotopic (exact) mass is 298 g/mol. The summed E-state index contributed by atoms with van der Waals surface area (Å²) < 4.78 is 3.00. The Bertz CT molecular complexity index is 395. The maximum atomic E-state index is 11.1. The molecule has 0 saturated carbocycles. The molecule has 0 atom stereocenters. The van der Waals surface area contributed by atoms with Crippen molar-refractivity contribution in [3.05, 3.63) is 59.5 Å². The van der Waals surface area contributed by atoms with Crippen molar-refractivity contribution >= 4 is 30.6 Å². The molecular formula is C11H9INO-. The van der Waals surface area contributed by atoms with Crippen molar-refractivity contribution in [2.24, 2.45) is 0 Å². The molecule has 1 aliphatic heterocycles. The molecule has 2 nitrogen and oxygen atoms in total. The molecule has 72 valence electrons. The lowest BCUT2D eigenvalue weighted by Crippen LogP contribution is -1.87. The summed E-state index contributed by atoms with van der Waals surface area (Å²) in [4.78, 5) is 0. The van der Waals surface area contributed by atoms with Gasteiger partial charge in [-0.3, -0.25) is 0 Å². The Labute approximate surface area is 93.2 Å². The molecule has 1 heterocycles. The van der Waals surface area contributed by atoms with Gasteiger partial charge in [0.1, 0.15) is 0 Å². The van der Waals surface area contributed by atoms with E-state index in [1.54, 1.807) is 6.20 Å². The molecule has 3 heteroatoms. The molecule has 0 amide bonds. The minimum Gasteiger partial charge on any atom is -0.750 e. The molecule has 0 spiro atoms. The molecule has 1 aromatic rings. The highest BCUT2D eigenvalue weighted by Crippen LogP contribution is 2.19. The number of hydroxylamine groups is 1. The largest absolute Gasteiger partial charge is 0.750 e. The van der Waals surface area contributed by atoms with Crippen LogP contribution in [0.15, 0.2) is 48.7 Å². The zero-order chi connectivity index (χ0) is 9.80. The SMILES string of the molecule is [O-]N1C=CC(c2ccccc2)=CC=I1. The Kier molecular flexibility index (Phi) is 3.10. The maximum absolute atomic E-state index is 11.1. The van der Waals surface area contributed by atoms with Gasteiger partial charge in [0.05, 0.1) is 0 Å². The molecule has 2 rings (SSSR count). The standard InChI is InChI=1S/C11H9INO/c14-13-9-7-11(6-8-12-13)10-4-2-1-3-5-10/h1-9H/q-1. The number of rotatable bonds is 1. The second kappa shape index (κ2) is 4.52. The van der Waals surface area contributed by atoms with Crippen LogP contribution < -0.4 is 0 Å². The molecule has 0 aromatic heterocycles. The van der Waals surface area contributed by atoms with Crippen molar-refractivity contribution < 1.29 is 0 Å². The van der Waals surface area contributed by atoms with E-state index in [0.29, 0.717) is 0 Å². The number of allylic oxidation sites excluding steroid dienone is 3. The molecule has 0 fully saturated rings. The minimum absolute atomic E-state index is 0.505. The van der Waals surface area contributed by atoms with Gasteiger partial charge in [-0.1, -0.05) is 30.3 Å². The van der Waals surface area contributed by atoms with Gasteiger partial charge < -0.3 is 8.48 Å². The second-order valence-electron chi connectivity index (χ2n) is 2.80. The summed E-state index contributed by atoms with van der Waals surface area (Å²) in [6, 6.07) is 10.1. The molecule has 14 heavy (non-hydrogen) atoms. The van der Waals surface area contributed by atoms with Gasteiger partial charge in [0.25, 0.3) is 0 Å². The molecular weight excluding hydrogens is 289 g/mol. The molecule has 0 N–H and O–H groups in total. The highest BCUT2D eigenvalue weighted by molar-refractivity contribution is 14.2. The van der Waals surface area contributed by atoms with E-state index < -0.39 is 21.0 Å². The van der Waals surface area contributed by atoms with Crippen molar-refractivity contribution in [3.63, 3.8) is 0 Å². The number of benzene rings is 1. The molecule has 1 aliphatic rings. The van der Waals surface area contributed by atoms with Crippen molar-refractivity contribution in [1.82, 2.24) is 3.28 Å². The summed E-state index contributed by atoms with van der Waals surface area (Å²) in [6.45, 7) is 0. The Morgan fingerprint density at radius 2 is 1.93 bits per heavy atom. The van der Waals surface area contributed by atoms with Crippen LogP contribution in [-0.4, -0.2) is 7.29 Å². The smallest absolute Gasteiger partial charge is 0.00261 e. The van der Waals surface area contributed by atoms with E-state index in [2.05, 4.69) is 0 Å². The summed E-state index contributed by atoms with van der Waals surface area (Å²) in [5.74, 6) is 0. The molecule has 0 unspecified atom stereocenters. The van der Waals surface area contributed by atoms with Crippen molar-refractivity contribution in [1.29, 1.82) is 0 Å². The van der Waals surface area contributed by atoms with Crippen LogP contribution >= 0.6 is 21.0 Å². The summed E-state index contributed by atoms with van der Waals surface area (Å²) in [5, 5.41) is 11.1. The van der Waals surface area contributed by atoms with E-state index >= 15 is 0 Å². The van der Waals surface area contributed by atoms with Crippen molar-refractivity contribution in [2.75, 3.05) is 0 Å². The average molecular weight is 298 g/mol. The van der Waals surface area contributed by atoms with E-state index in [9.17, 15) is 5.21 Å². The van der Waals surface area contributed by atoms with Crippen molar-refractivity contribution in [3.8, 4) is 0 Å². The Balaban J connectivity index is 2.33. The quantitative estimate of drug-likeness (QED) is 0.588. The summed E-state index contributed by atoms with van der Waals surface area (Å²) in [6.07, 6.45) is 5.50. The van der Waals surface area contributed by atoms with Crippen molar-refractivity contribution in [2.45, 2.75) is 0 Å². The summed E-state index contributed by atoms with van der Waals surface area (Å²) in [5.41, 5.74) is 2.25. The van der Waals surface area contributed by atoms with Gasteiger partial charge in [0.15, 0.2) is 0 Å². The highest BCUT2D eigenvalue weighted by Gasteiger charge is 1.96. The second-order valence-corrected chi connectivity index (χ2v) is 5.03. The Morgan fingerprint density at radius 3 is 2.71 bits per heavy atom. The van der Waals surface area contributed by atoms with Crippen LogP contribution in [0.2, 0.25) is 0 Å². The number of halogens is 1. The van der Waals surface area contributed by atoms with Crippen LogP contribution in [0, 0.1) is 5.21 Å². The maximum Gasteiger partial charge on any atom is -0.00261 e. The molecule has 0 aliphatic carbocycles. The minimum atomic E-state index is -0.505. The van der Waals surface area contributed by atoms with Crippen LogP contribution in [0.3, 0.4) is 0 Å². The average Bonchev–Trinajstić information content (AvgIpc) is 2.44. The van der Waals surface area contributed by atoms with Crippen LogP contribution in [0.4, 0.5) is 0 Å². The molecule has 0 bridgehead atoms. The molecule has 1 aromatic carbocycles. The Hall–Kier alpha value is -0.940. The lowest BCUT2D eigenvalue weighted by Gasteiger charge is -2.17. The molecule has 0 saturated heterocycles. The van der Waals surface area contributed by atoms with Gasteiger partial charge in [0.2, 0.25) is 0 Å². The zero-order valence-electron chi connectivity index (χ0n) is 7.43. The number of hydrogen-bond acceptors (Lipinski definition) is 2. The van der Waals surface area contributed by atoms with E-state index in [0.717, 1.165) is 14.4 Å². The first-order valence-corrected chi connectivity index (χ1v) is 6.44. The lowest BCUT2D eigenvalue weighted by molar-refractivity contribution is 0.929. The zero-order valence-corrected chi connectivity index (χ0v) is 9.59. The third-order valence-corrected chi connectivity index (χ3v) is 3.43. The van der Waals surface area contributed by atoms with E-state index in [1.807, 2.05) is 46.5 Å².